The second-order valence-corrected chi connectivity index (χ2v) is 5.81. The fourth-order valence-electron chi connectivity index (χ4n) is 2.67. The summed E-state index contributed by atoms with van der Waals surface area (Å²) < 4.78 is 15.5. The van der Waals surface area contributed by atoms with Crippen molar-refractivity contribution in [3.8, 4) is 17.2 Å². The van der Waals surface area contributed by atoms with Gasteiger partial charge in [-0.05, 0) is 49.4 Å². The van der Waals surface area contributed by atoms with Gasteiger partial charge in [0.15, 0.2) is 5.82 Å². The lowest BCUT2D eigenvalue weighted by atomic mass is 10.2. The Morgan fingerprint density at radius 3 is 2.58 bits per heavy atom. The van der Waals surface area contributed by atoms with Crippen molar-refractivity contribution in [3.63, 3.8) is 0 Å². The number of imidazole rings is 1. The van der Waals surface area contributed by atoms with E-state index in [1.807, 2.05) is 23.6 Å². The first-order chi connectivity index (χ1) is 11.6. The van der Waals surface area contributed by atoms with E-state index in [1.165, 1.54) is 12.1 Å². The maximum absolute atomic E-state index is 13.6. The van der Waals surface area contributed by atoms with Crippen LogP contribution in [-0.4, -0.2) is 19.5 Å². The first-order valence-electron chi connectivity index (χ1n) is 7.36. The number of benzene rings is 2. The minimum Gasteiger partial charge on any atom is -0.280 e. The Hall–Kier alpha value is -2.79. The van der Waals surface area contributed by atoms with Crippen LogP contribution in [0.1, 0.15) is 5.82 Å². The first-order valence-corrected chi connectivity index (χ1v) is 7.73. The van der Waals surface area contributed by atoms with Crippen LogP contribution in [0.15, 0.2) is 54.7 Å². The number of nitrogens with zero attached hydrogens (tertiary/aromatic N) is 4. The third-order valence-electron chi connectivity index (χ3n) is 3.76. The van der Waals surface area contributed by atoms with Crippen molar-refractivity contribution in [2.45, 2.75) is 6.92 Å². The van der Waals surface area contributed by atoms with Crippen molar-refractivity contribution in [1.82, 2.24) is 19.5 Å². The Labute approximate surface area is 142 Å². The van der Waals surface area contributed by atoms with Crippen molar-refractivity contribution < 1.29 is 4.39 Å². The van der Waals surface area contributed by atoms with E-state index in [-0.39, 0.29) is 5.82 Å². The van der Waals surface area contributed by atoms with Crippen LogP contribution in [0.2, 0.25) is 5.02 Å². The monoisotopic (exact) mass is 338 g/mol. The molecule has 4 aromatic rings. The molecule has 0 N–H and O–H groups in total. The molecule has 2 aromatic carbocycles. The predicted molar refractivity (Wildman–Crippen MR) is 91.8 cm³/mol. The number of rotatable bonds is 2. The van der Waals surface area contributed by atoms with Gasteiger partial charge in [0.25, 0.3) is 0 Å². The van der Waals surface area contributed by atoms with Crippen molar-refractivity contribution >= 4 is 22.6 Å². The molecule has 2 heterocycles. The molecule has 4 nitrogen and oxygen atoms in total. The van der Waals surface area contributed by atoms with Gasteiger partial charge in [-0.25, -0.2) is 19.3 Å². The van der Waals surface area contributed by atoms with Crippen LogP contribution in [0.25, 0.3) is 28.2 Å². The number of aryl methyl sites for hydroxylation is 1. The van der Waals surface area contributed by atoms with Gasteiger partial charge in [0.1, 0.15) is 17.5 Å². The minimum atomic E-state index is -0.310. The molecule has 0 bridgehead atoms. The Morgan fingerprint density at radius 2 is 1.79 bits per heavy atom. The van der Waals surface area contributed by atoms with Crippen LogP contribution in [0.4, 0.5) is 4.39 Å². The summed E-state index contributed by atoms with van der Waals surface area (Å²) in [7, 11) is 0. The molecule has 0 amide bonds. The predicted octanol–water partition coefficient (Wildman–Crippen LogP) is 4.58. The van der Waals surface area contributed by atoms with E-state index in [4.69, 9.17) is 11.6 Å². The lowest BCUT2D eigenvalue weighted by Gasteiger charge is -2.08. The molecule has 0 aliphatic carbocycles. The molecule has 118 valence electrons. The summed E-state index contributed by atoms with van der Waals surface area (Å²) in [6.07, 6.45) is 1.68. The molecule has 6 heteroatoms. The fourth-order valence-corrected chi connectivity index (χ4v) is 2.80. The molecule has 0 atom stereocenters. The average molecular weight is 339 g/mol. The summed E-state index contributed by atoms with van der Waals surface area (Å²) in [5, 5.41) is 0.654. The van der Waals surface area contributed by atoms with Crippen molar-refractivity contribution in [3.05, 3.63) is 71.4 Å². The van der Waals surface area contributed by atoms with Gasteiger partial charge in [0.2, 0.25) is 0 Å². The zero-order valence-electron chi connectivity index (χ0n) is 12.7. The highest BCUT2D eigenvalue weighted by Gasteiger charge is 2.12. The van der Waals surface area contributed by atoms with Gasteiger partial charge >= 0.3 is 0 Å². The minimum absolute atomic E-state index is 0.310. The number of halogens is 2. The normalized spacial score (nSPS) is 11.1. The molecule has 0 saturated heterocycles. The standard InChI is InChI=1S/C18H12ClFN4/c1-11-22-15-7-6-14(20)10-16(15)24(11)17-8-9-21-18(23-17)12-2-4-13(19)5-3-12/h2-10H,1H3. The summed E-state index contributed by atoms with van der Waals surface area (Å²) in [6, 6.07) is 13.6. The first kappa shape index (κ1) is 14.8. The summed E-state index contributed by atoms with van der Waals surface area (Å²) in [5.41, 5.74) is 2.25. The summed E-state index contributed by atoms with van der Waals surface area (Å²) in [5.74, 6) is 1.63. The van der Waals surface area contributed by atoms with Crippen LogP contribution in [0.5, 0.6) is 0 Å². The Morgan fingerprint density at radius 1 is 1.00 bits per heavy atom. The molecule has 0 fully saturated rings. The lowest BCUT2D eigenvalue weighted by molar-refractivity contribution is 0.629. The molecular weight excluding hydrogens is 327 g/mol. The number of aromatic nitrogens is 4. The Balaban J connectivity index is 1.89. The maximum Gasteiger partial charge on any atom is 0.161 e. The zero-order valence-corrected chi connectivity index (χ0v) is 13.5. The van der Waals surface area contributed by atoms with E-state index in [2.05, 4.69) is 15.0 Å². The molecule has 24 heavy (non-hydrogen) atoms. The van der Waals surface area contributed by atoms with E-state index >= 15 is 0 Å². The van der Waals surface area contributed by atoms with E-state index in [0.29, 0.717) is 22.2 Å². The molecule has 2 aromatic heterocycles. The highest BCUT2D eigenvalue weighted by Crippen LogP contribution is 2.23. The van der Waals surface area contributed by atoms with Gasteiger partial charge in [-0.1, -0.05) is 11.6 Å². The van der Waals surface area contributed by atoms with Crippen LogP contribution in [0, 0.1) is 12.7 Å². The van der Waals surface area contributed by atoms with Gasteiger partial charge in [-0.15, -0.1) is 0 Å². The highest BCUT2D eigenvalue weighted by molar-refractivity contribution is 6.30. The maximum atomic E-state index is 13.6. The molecule has 0 aliphatic heterocycles. The van der Waals surface area contributed by atoms with E-state index in [0.717, 1.165) is 16.9 Å². The molecule has 0 radical (unpaired) electrons. The molecular formula is C18H12ClFN4. The largest absolute Gasteiger partial charge is 0.280 e. The molecule has 4 rings (SSSR count). The lowest BCUT2D eigenvalue weighted by Crippen LogP contribution is -2.02. The van der Waals surface area contributed by atoms with E-state index in [1.54, 1.807) is 30.5 Å². The topological polar surface area (TPSA) is 43.6 Å². The number of fused-ring (bicyclic) bond motifs is 1. The van der Waals surface area contributed by atoms with Crippen LogP contribution >= 0.6 is 11.6 Å². The third kappa shape index (κ3) is 2.53. The second kappa shape index (κ2) is 5.69. The molecule has 0 unspecified atom stereocenters. The zero-order chi connectivity index (χ0) is 16.7. The van der Waals surface area contributed by atoms with Crippen LogP contribution in [0.3, 0.4) is 0 Å². The molecule has 0 spiro atoms. The SMILES string of the molecule is Cc1nc2ccc(F)cc2n1-c1ccnc(-c2ccc(Cl)cc2)n1. The number of hydrogen-bond donors (Lipinski definition) is 0. The van der Waals surface area contributed by atoms with Crippen molar-refractivity contribution in [2.24, 2.45) is 0 Å². The van der Waals surface area contributed by atoms with Gasteiger partial charge in [-0.3, -0.25) is 4.57 Å². The van der Waals surface area contributed by atoms with Crippen molar-refractivity contribution in [2.75, 3.05) is 0 Å². The van der Waals surface area contributed by atoms with Gasteiger partial charge in [0.05, 0.1) is 11.0 Å². The van der Waals surface area contributed by atoms with E-state index < -0.39 is 0 Å². The molecule has 0 aliphatic rings. The fraction of sp³-hybridized carbons (Fsp3) is 0.0556. The number of hydrogen-bond acceptors (Lipinski definition) is 3. The average Bonchev–Trinajstić information content (AvgIpc) is 2.91. The third-order valence-corrected chi connectivity index (χ3v) is 4.01. The Kier molecular flexibility index (Phi) is 3.50. The summed E-state index contributed by atoms with van der Waals surface area (Å²) in [6.45, 7) is 1.86. The highest BCUT2D eigenvalue weighted by atomic mass is 35.5. The van der Waals surface area contributed by atoms with Crippen LogP contribution in [-0.2, 0) is 0 Å². The quantitative estimate of drug-likeness (QED) is 0.537. The van der Waals surface area contributed by atoms with Gasteiger partial charge in [0, 0.05) is 22.8 Å². The van der Waals surface area contributed by atoms with E-state index in [9.17, 15) is 4.39 Å². The summed E-state index contributed by atoms with van der Waals surface area (Å²) in [4.78, 5) is 13.4. The smallest absolute Gasteiger partial charge is 0.161 e. The second-order valence-electron chi connectivity index (χ2n) is 5.37. The molecule has 0 saturated carbocycles. The van der Waals surface area contributed by atoms with Gasteiger partial charge in [-0.2, -0.15) is 0 Å². The summed E-state index contributed by atoms with van der Waals surface area (Å²) >= 11 is 5.92. The Bertz CT molecular complexity index is 1040. The van der Waals surface area contributed by atoms with Gasteiger partial charge < -0.3 is 0 Å². The van der Waals surface area contributed by atoms with Crippen LogP contribution < -0.4 is 0 Å². The van der Waals surface area contributed by atoms with Crippen molar-refractivity contribution in [1.29, 1.82) is 0 Å².